The number of anilines is 1. The molecule has 32 heavy (non-hydrogen) atoms. The van der Waals surface area contributed by atoms with Crippen molar-refractivity contribution in [3.63, 3.8) is 0 Å². The molecule has 0 aliphatic heterocycles. The molecule has 1 aromatic carbocycles. The molecular weight excluding hydrogens is 451 g/mol. The number of primary amides is 1. The minimum absolute atomic E-state index is 0.0202. The molecule has 0 saturated carbocycles. The highest BCUT2D eigenvalue weighted by molar-refractivity contribution is 6.35. The van der Waals surface area contributed by atoms with Crippen molar-refractivity contribution in [3.8, 4) is 5.82 Å². The first-order valence-electron chi connectivity index (χ1n) is 8.95. The molecule has 0 spiro atoms. The van der Waals surface area contributed by atoms with E-state index in [1.165, 1.54) is 23.4 Å². The largest absolute Gasteiger partial charge is 0.416 e. The van der Waals surface area contributed by atoms with Crippen molar-refractivity contribution in [1.82, 2.24) is 34.7 Å². The number of hydrogen-bond donors (Lipinski definition) is 2. The molecule has 0 unspecified atom stereocenters. The Morgan fingerprint density at radius 2 is 1.84 bits per heavy atom. The predicted octanol–water partition coefficient (Wildman–Crippen LogP) is 2.94. The lowest BCUT2D eigenvalue weighted by molar-refractivity contribution is -0.137. The third-order valence-corrected chi connectivity index (χ3v) is 4.74. The van der Waals surface area contributed by atoms with Crippen molar-refractivity contribution in [1.29, 1.82) is 0 Å². The molecular formula is C18H13ClF3N9O. The molecule has 0 radical (unpaired) electrons. The maximum atomic E-state index is 13.3. The van der Waals surface area contributed by atoms with E-state index in [1.54, 1.807) is 6.92 Å². The van der Waals surface area contributed by atoms with Crippen LogP contribution in [-0.4, -0.2) is 40.6 Å². The minimum atomic E-state index is -4.60. The van der Waals surface area contributed by atoms with Crippen LogP contribution in [0.25, 0.3) is 16.7 Å². The molecule has 4 aromatic rings. The van der Waals surface area contributed by atoms with E-state index in [-0.39, 0.29) is 33.3 Å². The standard InChI is InChI=1S/C18H13ClF3N9O/c1-8(17-28-7-29-31(17)13-4-12(15(23)32)24-5-25-13)30-16-10-2-9(18(20,21)22)3-11(19)14(10)26-6-27-16/h2-8H,1H3,(H2,23,32)(H,26,27,30)/t8-/m0/s1. The summed E-state index contributed by atoms with van der Waals surface area (Å²) in [6, 6.07) is 2.47. The fourth-order valence-corrected chi connectivity index (χ4v) is 3.26. The van der Waals surface area contributed by atoms with E-state index in [4.69, 9.17) is 17.3 Å². The van der Waals surface area contributed by atoms with Gasteiger partial charge in [-0.05, 0) is 19.1 Å². The van der Waals surface area contributed by atoms with Gasteiger partial charge in [0.2, 0.25) is 0 Å². The van der Waals surface area contributed by atoms with Crippen molar-refractivity contribution in [3.05, 3.63) is 59.3 Å². The van der Waals surface area contributed by atoms with Crippen molar-refractivity contribution in [2.45, 2.75) is 19.1 Å². The highest BCUT2D eigenvalue weighted by Crippen LogP contribution is 2.36. The molecule has 3 heterocycles. The van der Waals surface area contributed by atoms with Crippen LogP contribution in [-0.2, 0) is 6.18 Å². The van der Waals surface area contributed by atoms with Crippen LogP contribution in [0.1, 0.15) is 34.8 Å². The number of benzene rings is 1. The van der Waals surface area contributed by atoms with E-state index in [9.17, 15) is 18.0 Å². The molecule has 0 saturated heterocycles. The van der Waals surface area contributed by atoms with Gasteiger partial charge in [-0.25, -0.2) is 24.9 Å². The van der Waals surface area contributed by atoms with Gasteiger partial charge in [-0.15, -0.1) is 0 Å². The number of carbonyl (C=O) groups is 1. The Bertz CT molecular complexity index is 1320. The third kappa shape index (κ3) is 4.01. The van der Waals surface area contributed by atoms with Crippen LogP contribution in [0, 0.1) is 0 Å². The molecule has 10 nitrogen and oxygen atoms in total. The second kappa shape index (κ2) is 8.00. The number of amides is 1. The van der Waals surface area contributed by atoms with Gasteiger partial charge in [0.15, 0.2) is 11.6 Å². The van der Waals surface area contributed by atoms with Crippen molar-refractivity contribution in [2.75, 3.05) is 5.32 Å². The van der Waals surface area contributed by atoms with Crippen molar-refractivity contribution >= 4 is 34.2 Å². The lowest BCUT2D eigenvalue weighted by Crippen LogP contribution is -2.18. The topological polar surface area (TPSA) is 137 Å². The van der Waals surface area contributed by atoms with Crippen molar-refractivity contribution < 1.29 is 18.0 Å². The molecule has 1 amide bonds. The molecule has 1 atom stereocenters. The number of hydrogen-bond acceptors (Lipinski definition) is 8. The van der Waals surface area contributed by atoms with E-state index in [1.807, 2.05) is 0 Å². The van der Waals surface area contributed by atoms with Gasteiger partial charge in [-0.2, -0.15) is 23.0 Å². The van der Waals surface area contributed by atoms with Gasteiger partial charge in [0.1, 0.15) is 30.5 Å². The monoisotopic (exact) mass is 463 g/mol. The lowest BCUT2D eigenvalue weighted by Gasteiger charge is -2.17. The van der Waals surface area contributed by atoms with Gasteiger partial charge in [0, 0.05) is 11.5 Å². The Kier molecular flexibility index (Phi) is 5.34. The summed E-state index contributed by atoms with van der Waals surface area (Å²) in [6.45, 7) is 1.69. The number of carbonyl (C=O) groups excluding carboxylic acids is 1. The van der Waals surface area contributed by atoms with Gasteiger partial charge in [-0.3, -0.25) is 4.79 Å². The van der Waals surface area contributed by atoms with Gasteiger partial charge < -0.3 is 11.1 Å². The first kappa shape index (κ1) is 21.4. The van der Waals surface area contributed by atoms with Gasteiger partial charge in [0.05, 0.1) is 22.1 Å². The Hall–Kier alpha value is -3.87. The van der Waals surface area contributed by atoms with Crippen LogP contribution in [0.3, 0.4) is 0 Å². The summed E-state index contributed by atoms with van der Waals surface area (Å²) in [4.78, 5) is 31.5. The van der Waals surface area contributed by atoms with Crippen LogP contribution in [0.5, 0.6) is 0 Å². The average Bonchev–Trinajstić information content (AvgIpc) is 3.24. The van der Waals surface area contributed by atoms with Crippen LogP contribution < -0.4 is 11.1 Å². The fraction of sp³-hybridized carbons (Fsp3) is 0.167. The Labute approximate surface area is 182 Å². The number of halogens is 4. The SMILES string of the molecule is C[C@H](Nc1ncnc2c(Cl)cc(C(F)(F)F)cc12)c1ncnn1-c1cc(C(N)=O)ncn1. The quantitative estimate of drug-likeness (QED) is 0.460. The number of fused-ring (bicyclic) bond motifs is 1. The second-order valence-corrected chi connectivity index (χ2v) is 7.00. The molecule has 164 valence electrons. The van der Waals surface area contributed by atoms with Gasteiger partial charge >= 0.3 is 6.18 Å². The molecule has 3 aromatic heterocycles. The maximum absolute atomic E-state index is 13.3. The first-order valence-corrected chi connectivity index (χ1v) is 9.33. The Morgan fingerprint density at radius 1 is 1.09 bits per heavy atom. The predicted molar refractivity (Wildman–Crippen MR) is 107 cm³/mol. The zero-order chi connectivity index (χ0) is 23.0. The number of rotatable bonds is 5. The number of nitrogens with two attached hydrogens (primary N) is 1. The molecule has 4 rings (SSSR count). The lowest BCUT2D eigenvalue weighted by atomic mass is 10.1. The van der Waals surface area contributed by atoms with Gasteiger partial charge in [-0.1, -0.05) is 11.6 Å². The molecule has 0 bridgehead atoms. The normalized spacial score (nSPS) is 12.7. The number of aromatic nitrogens is 7. The van der Waals surface area contributed by atoms with Crippen LogP contribution in [0.15, 0.2) is 37.2 Å². The zero-order valence-electron chi connectivity index (χ0n) is 16.2. The van der Waals surface area contributed by atoms with Crippen LogP contribution in [0.2, 0.25) is 5.02 Å². The number of nitrogens with zero attached hydrogens (tertiary/aromatic N) is 7. The van der Waals surface area contributed by atoms with Crippen LogP contribution in [0.4, 0.5) is 19.0 Å². The van der Waals surface area contributed by atoms with E-state index in [2.05, 4.69) is 35.3 Å². The first-order chi connectivity index (χ1) is 15.1. The smallest absolute Gasteiger partial charge is 0.364 e. The van der Waals surface area contributed by atoms with Crippen molar-refractivity contribution in [2.24, 2.45) is 5.73 Å². The second-order valence-electron chi connectivity index (χ2n) is 6.60. The molecule has 3 N–H and O–H groups in total. The third-order valence-electron chi connectivity index (χ3n) is 4.46. The Morgan fingerprint density at radius 3 is 2.56 bits per heavy atom. The van der Waals surface area contributed by atoms with E-state index < -0.39 is 23.7 Å². The van der Waals surface area contributed by atoms with Gasteiger partial charge in [0.25, 0.3) is 5.91 Å². The summed E-state index contributed by atoms with van der Waals surface area (Å²) >= 11 is 6.03. The molecule has 14 heteroatoms. The molecule has 0 fully saturated rings. The number of alkyl halides is 3. The summed E-state index contributed by atoms with van der Waals surface area (Å²) in [5, 5.41) is 7.03. The zero-order valence-corrected chi connectivity index (χ0v) is 16.9. The summed E-state index contributed by atoms with van der Waals surface area (Å²) in [6.07, 6.45) is -0.999. The summed E-state index contributed by atoms with van der Waals surface area (Å²) in [7, 11) is 0. The molecule has 0 aliphatic rings. The average molecular weight is 464 g/mol. The van der Waals surface area contributed by atoms with Crippen LogP contribution >= 0.6 is 11.6 Å². The fourth-order valence-electron chi connectivity index (χ4n) is 2.99. The maximum Gasteiger partial charge on any atom is 0.416 e. The summed E-state index contributed by atoms with van der Waals surface area (Å²) in [5.74, 6) is -0.0642. The summed E-state index contributed by atoms with van der Waals surface area (Å²) in [5.41, 5.74) is 4.46. The number of nitrogens with one attached hydrogen (secondary N) is 1. The van der Waals surface area contributed by atoms with E-state index >= 15 is 0 Å². The minimum Gasteiger partial charge on any atom is -0.364 e. The highest BCUT2D eigenvalue weighted by Gasteiger charge is 2.32. The molecule has 0 aliphatic carbocycles. The van der Waals surface area contributed by atoms with E-state index in [0.29, 0.717) is 5.82 Å². The summed E-state index contributed by atoms with van der Waals surface area (Å²) < 4.78 is 41.1. The highest BCUT2D eigenvalue weighted by atomic mass is 35.5. The Balaban J connectivity index is 1.73. The van der Waals surface area contributed by atoms with E-state index in [0.717, 1.165) is 18.5 Å².